The normalized spacial score (nSPS) is 14.5. The van der Waals surface area contributed by atoms with Crippen molar-refractivity contribution in [3.8, 4) is 0 Å². The van der Waals surface area contributed by atoms with E-state index in [-0.39, 0.29) is 25.8 Å². The van der Waals surface area contributed by atoms with Crippen molar-refractivity contribution in [3.63, 3.8) is 0 Å². The Morgan fingerprint density at radius 3 is 1.55 bits per heavy atom. The summed E-state index contributed by atoms with van der Waals surface area (Å²) < 4.78 is 34.6. The van der Waals surface area contributed by atoms with Gasteiger partial charge in [0, 0.05) is 13.0 Å². The Kier molecular flexibility index (Phi) is 38.3. The van der Waals surface area contributed by atoms with Gasteiger partial charge in [-0.2, -0.15) is 0 Å². The van der Waals surface area contributed by atoms with Gasteiger partial charge < -0.3 is 27.9 Å². The number of quaternary nitrogens is 1. The molecule has 0 bridgehead atoms. The van der Waals surface area contributed by atoms with Crippen LogP contribution in [0.1, 0.15) is 162 Å². The monoisotopic (exact) mass is 806 g/mol. The zero-order chi connectivity index (χ0) is 41.3. The zero-order valence-electron chi connectivity index (χ0n) is 36.6. The van der Waals surface area contributed by atoms with Crippen LogP contribution >= 0.6 is 7.82 Å². The highest BCUT2D eigenvalue weighted by molar-refractivity contribution is 7.45. The Bertz CT molecular complexity index is 1120. The van der Waals surface area contributed by atoms with Crippen molar-refractivity contribution in [2.45, 2.75) is 168 Å². The second-order valence-corrected chi connectivity index (χ2v) is 17.1. The molecule has 0 heterocycles. The van der Waals surface area contributed by atoms with Crippen LogP contribution in [0.3, 0.4) is 0 Å². The Morgan fingerprint density at radius 1 is 0.571 bits per heavy atom. The van der Waals surface area contributed by atoms with Crippen molar-refractivity contribution in [2.24, 2.45) is 0 Å². The minimum atomic E-state index is -4.54. The fourth-order valence-corrected chi connectivity index (χ4v) is 6.28. The molecule has 0 saturated heterocycles. The molecule has 324 valence electrons. The van der Waals surface area contributed by atoms with Crippen LogP contribution < -0.4 is 4.89 Å². The second-order valence-electron chi connectivity index (χ2n) is 15.7. The number of nitrogens with zero attached hydrogens (tertiary/aromatic N) is 1. The van der Waals surface area contributed by atoms with E-state index in [2.05, 4.69) is 86.8 Å². The van der Waals surface area contributed by atoms with Crippen LogP contribution in [0.4, 0.5) is 0 Å². The van der Waals surface area contributed by atoms with E-state index in [0.29, 0.717) is 24.1 Å². The summed E-state index contributed by atoms with van der Waals surface area (Å²) in [7, 11) is 1.33. The number of carbonyl (C=O) groups excluding carboxylic acids is 1. The Morgan fingerprint density at radius 2 is 1.04 bits per heavy atom. The average Bonchev–Trinajstić information content (AvgIpc) is 3.15. The Hall–Kier alpha value is -2.06. The molecule has 0 fully saturated rings. The van der Waals surface area contributed by atoms with Gasteiger partial charge in [-0.3, -0.25) is 9.36 Å². The third kappa shape index (κ3) is 43.1. The summed E-state index contributed by atoms with van der Waals surface area (Å²) in [5, 5.41) is 0. The molecule has 0 radical (unpaired) electrons. The maximum atomic E-state index is 12.7. The number of allylic oxidation sites excluding steroid dienone is 12. The number of hydrogen-bond donors (Lipinski definition) is 0. The molecule has 8 nitrogen and oxygen atoms in total. The first-order valence-electron chi connectivity index (χ1n) is 22.2. The van der Waals surface area contributed by atoms with Gasteiger partial charge in [-0.25, -0.2) is 0 Å². The predicted molar refractivity (Wildman–Crippen MR) is 235 cm³/mol. The van der Waals surface area contributed by atoms with E-state index < -0.39 is 13.9 Å². The van der Waals surface area contributed by atoms with E-state index in [1.165, 1.54) is 44.9 Å². The van der Waals surface area contributed by atoms with Crippen LogP contribution in [-0.4, -0.2) is 70.7 Å². The van der Waals surface area contributed by atoms with E-state index in [1.54, 1.807) is 0 Å². The van der Waals surface area contributed by atoms with Gasteiger partial charge in [-0.05, 0) is 77.0 Å². The summed E-state index contributed by atoms with van der Waals surface area (Å²) in [5.41, 5.74) is 0. The fourth-order valence-electron chi connectivity index (χ4n) is 5.55. The Balaban J connectivity index is 4.27. The summed E-state index contributed by atoms with van der Waals surface area (Å²) in [6.07, 6.45) is 50.5. The van der Waals surface area contributed by atoms with Crippen LogP contribution in [0, 0.1) is 0 Å². The number of likely N-dealkylation sites (N-methyl/N-ethyl adjacent to an activating group) is 1. The second kappa shape index (κ2) is 39.8. The molecule has 0 saturated carbocycles. The van der Waals surface area contributed by atoms with Crippen LogP contribution in [-0.2, 0) is 27.9 Å². The highest BCUT2D eigenvalue weighted by atomic mass is 31.2. The highest BCUT2D eigenvalue weighted by Gasteiger charge is 2.20. The molecule has 9 heteroatoms. The smallest absolute Gasteiger partial charge is 0.306 e. The van der Waals surface area contributed by atoms with E-state index >= 15 is 0 Å². The molecule has 56 heavy (non-hydrogen) atoms. The van der Waals surface area contributed by atoms with E-state index in [0.717, 1.165) is 96.3 Å². The van der Waals surface area contributed by atoms with Gasteiger partial charge in [-0.15, -0.1) is 0 Å². The molecule has 0 aromatic rings. The molecular weight excluding hydrogens is 721 g/mol. The first kappa shape index (κ1) is 53.9. The summed E-state index contributed by atoms with van der Waals surface area (Å²) in [5.74, 6) is -0.356. The number of rotatable bonds is 40. The molecule has 2 atom stereocenters. The van der Waals surface area contributed by atoms with Crippen molar-refractivity contribution >= 4 is 13.8 Å². The quantitative estimate of drug-likeness (QED) is 0.0200. The van der Waals surface area contributed by atoms with Crippen LogP contribution in [0.5, 0.6) is 0 Å². The zero-order valence-corrected chi connectivity index (χ0v) is 37.5. The summed E-state index contributed by atoms with van der Waals surface area (Å²) >= 11 is 0. The summed E-state index contributed by atoms with van der Waals surface area (Å²) in [6, 6.07) is 0. The van der Waals surface area contributed by atoms with Crippen molar-refractivity contribution in [1.82, 2.24) is 0 Å². The van der Waals surface area contributed by atoms with Gasteiger partial charge in [0.25, 0.3) is 7.82 Å². The lowest BCUT2D eigenvalue weighted by Crippen LogP contribution is -2.37. The number of unbranched alkanes of at least 4 members (excludes halogenated alkanes) is 14. The van der Waals surface area contributed by atoms with Crippen molar-refractivity contribution in [1.29, 1.82) is 0 Å². The molecule has 0 amide bonds. The minimum Gasteiger partial charge on any atom is -0.756 e. The molecule has 2 unspecified atom stereocenters. The van der Waals surface area contributed by atoms with Gasteiger partial charge in [0.05, 0.1) is 34.4 Å². The predicted octanol–water partition coefficient (Wildman–Crippen LogP) is 12.5. The van der Waals surface area contributed by atoms with E-state index in [4.69, 9.17) is 18.5 Å². The van der Waals surface area contributed by atoms with E-state index in [1.807, 2.05) is 21.1 Å². The highest BCUT2D eigenvalue weighted by Crippen LogP contribution is 2.38. The first-order valence-corrected chi connectivity index (χ1v) is 23.6. The van der Waals surface area contributed by atoms with Gasteiger partial charge in [-0.1, -0.05) is 151 Å². The lowest BCUT2D eigenvalue weighted by molar-refractivity contribution is -0.870. The molecule has 0 aromatic heterocycles. The lowest BCUT2D eigenvalue weighted by Gasteiger charge is -2.28. The lowest BCUT2D eigenvalue weighted by atomic mass is 10.1. The largest absolute Gasteiger partial charge is 0.756 e. The number of ether oxygens (including phenoxy) is 2. The van der Waals surface area contributed by atoms with Crippen molar-refractivity contribution in [2.75, 3.05) is 54.1 Å². The number of esters is 1. The van der Waals surface area contributed by atoms with Crippen molar-refractivity contribution in [3.05, 3.63) is 72.9 Å². The van der Waals surface area contributed by atoms with Crippen LogP contribution in [0.25, 0.3) is 0 Å². The molecule has 0 spiro atoms. The Labute approximate surface area is 344 Å². The maximum Gasteiger partial charge on any atom is 0.306 e. The topological polar surface area (TPSA) is 94.1 Å². The molecule has 0 aliphatic heterocycles. The van der Waals surface area contributed by atoms with Gasteiger partial charge >= 0.3 is 5.97 Å². The van der Waals surface area contributed by atoms with Crippen molar-refractivity contribution < 1.29 is 37.3 Å². The fraction of sp³-hybridized carbons (Fsp3) is 0.723. The minimum absolute atomic E-state index is 0.0171. The summed E-state index contributed by atoms with van der Waals surface area (Å²) in [6.45, 7) is 5.19. The molecule has 0 aromatic carbocycles. The first-order chi connectivity index (χ1) is 27.1. The summed E-state index contributed by atoms with van der Waals surface area (Å²) in [4.78, 5) is 25.0. The van der Waals surface area contributed by atoms with Gasteiger partial charge in [0.1, 0.15) is 19.3 Å². The standard InChI is InChI=1S/C47H84NO7P/c1-6-8-10-12-14-16-18-20-22-23-24-25-26-27-29-31-33-35-37-39-42-52-44-46(45-54-56(50,51)53-43-41-48(3,4)5)55-47(49)40-38-36-34-32-30-28-21-19-17-15-13-11-9-7-2/h8,10,13-16,19-22,24-25,46H,6-7,9,11-12,17-18,23,26-45H2,1-5H3/b10-8-,15-13-,16-14-,21-19-,22-20-,25-24-. The van der Waals surface area contributed by atoms with Crippen LogP contribution in [0.15, 0.2) is 72.9 Å². The van der Waals surface area contributed by atoms with E-state index in [9.17, 15) is 14.3 Å². The number of phosphoric ester groups is 1. The van der Waals surface area contributed by atoms with Gasteiger partial charge in [0.2, 0.25) is 0 Å². The third-order valence-electron chi connectivity index (χ3n) is 8.99. The maximum absolute atomic E-state index is 12.7. The number of carbonyl (C=O) groups is 1. The average molecular weight is 806 g/mol. The number of phosphoric acid groups is 1. The third-order valence-corrected chi connectivity index (χ3v) is 9.96. The van der Waals surface area contributed by atoms with Crippen LogP contribution in [0.2, 0.25) is 0 Å². The number of hydrogen-bond acceptors (Lipinski definition) is 7. The molecule has 0 aliphatic rings. The molecule has 0 aliphatic carbocycles. The van der Waals surface area contributed by atoms with Gasteiger partial charge in [0.15, 0.2) is 0 Å². The SMILES string of the molecule is CC/C=C\C/C=C\C/C=C\C/C=C\CCCCCCCCCOCC(COP(=O)([O-])OCC[N+](C)(C)C)OC(=O)CCCCCCC/C=C\C/C=C\CCCC. The molecule has 0 N–H and O–H groups in total. The molecule has 0 rings (SSSR count). The molecular formula is C47H84NO7P.